The molecule has 0 aliphatic carbocycles. The molecule has 4 aliphatic rings. The number of aliphatic hydroxyl groups excluding tert-OH is 5. The van der Waals surface area contributed by atoms with Crippen molar-refractivity contribution < 1.29 is 58.8 Å². The lowest BCUT2D eigenvalue weighted by Gasteiger charge is -2.48. The monoisotopic (exact) mass is 895 g/mol. The first-order valence-electron chi connectivity index (χ1n) is 24.0. The number of carbonyl (C=O) groups is 2. The van der Waals surface area contributed by atoms with Gasteiger partial charge < -0.3 is 49.2 Å². The lowest BCUT2D eigenvalue weighted by Crippen LogP contribution is -2.54. The van der Waals surface area contributed by atoms with E-state index < -0.39 is 52.6 Å². The van der Waals surface area contributed by atoms with Crippen molar-refractivity contribution in [2.24, 2.45) is 34.5 Å². The van der Waals surface area contributed by atoms with Gasteiger partial charge in [0.25, 0.3) is 0 Å². The number of carbonyl (C=O) groups excluding carboxylic acids is 2. The first-order chi connectivity index (χ1) is 29.0. The van der Waals surface area contributed by atoms with Gasteiger partial charge in [0.15, 0.2) is 11.6 Å². The van der Waals surface area contributed by atoms with Gasteiger partial charge in [-0.3, -0.25) is 9.59 Å². The fourth-order valence-corrected chi connectivity index (χ4v) is 10.0. The molecular formula is C51H90O12. The Bertz CT molecular complexity index is 1520. The van der Waals surface area contributed by atoms with Crippen molar-refractivity contribution in [1.82, 2.24) is 0 Å². The Morgan fingerprint density at radius 3 is 1.37 bits per heavy atom. The fourth-order valence-electron chi connectivity index (χ4n) is 10.0. The molecule has 0 aromatic rings. The number of rotatable bonds is 17. The molecule has 4 fully saturated rings. The average Bonchev–Trinajstić information content (AvgIpc) is 3.20. The molecule has 0 spiro atoms. The molecule has 0 radical (unpaired) electrons. The summed E-state index contributed by atoms with van der Waals surface area (Å²) >= 11 is 0. The number of aliphatic hydroxyl groups is 5. The van der Waals surface area contributed by atoms with E-state index in [2.05, 4.69) is 27.0 Å². The summed E-state index contributed by atoms with van der Waals surface area (Å²) < 4.78 is 30.4. The fraction of sp³-hybridized carbons (Fsp3) is 0.882. The number of Topliss-reactive ketones (excluding diaryl/α,β-unsaturated/α-hetero) is 2. The highest BCUT2D eigenvalue weighted by atomic mass is 16.5. The minimum absolute atomic E-state index is 0.0601. The van der Waals surface area contributed by atoms with Crippen LogP contribution in [-0.2, 0) is 33.3 Å². The molecule has 0 amide bonds. The van der Waals surface area contributed by atoms with Crippen molar-refractivity contribution in [3.8, 4) is 0 Å². The maximum atomic E-state index is 13.1. The average molecular weight is 895 g/mol. The number of hydrogen-bond donors (Lipinski definition) is 5. The van der Waals surface area contributed by atoms with Gasteiger partial charge in [-0.2, -0.15) is 0 Å². The zero-order valence-electron chi connectivity index (χ0n) is 41.8. The van der Waals surface area contributed by atoms with Crippen LogP contribution in [0.3, 0.4) is 0 Å². The highest BCUT2D eigenvalue weighted by molar-refractivity contribution is 5.85. The topological polar surface area (TPSA) is 181 Å². The standard InChI is InChI=1S/C26H46O6.C25H44O6/c1-10-19(30-9)12-23-25(6,7)22(28)13-21(31-23)15(2)11-20(27)24(29)26(8)14-16(3)17(4)18(5)32-26;1-9-18(26)11-22-24(6,7)21(28)12-20(30-22)14(2)10-19(27)23(29)25(8)13-15(3)16(4)17(5)31-25/h15,17-19,21-24,28-29H,3,10-14H2,1-2,4-9H3;14,16-18,20-23,26,28-29H,3,9-13H2,1-2,4-8H3. The third-order valence-electron chi connectivity index (χ3n) is 16.0. The Morgan fingerprint density at radius 1 is 0.683 bits per heavy atom. The van der Waals surface area contributed by atoms with E-state index in [1.165, 1.54) is 0 Å². The second kappa shape index (κ2) is 22.5. The Balaban J connectivity index is 0.000000335. The molecule has 63 heavy (non-hydrogen) atoms. The van der Waals surface area contributed by atoms with Crippen molar-refractivity contribution in [2.45, 2.75) is 246 Å². The van der Waals surface area contributed by atoms with E-state index in [0.29, 0.717) is 44.9 Å². The predicted octanol–water partition coefficient (Wildman–Crippen LogP) is 7.47. The molecule has 4 heterocycles. The molecule has 366 valence electrons. The summed E-state index contributed by atoms with van der Waals surface area (Å²) in [6.45, 7) is 35.6. The van der Waals surface area contributed by atoms with Crippen LogP contribution in [0.5, 0.6) is 0 Å². The van der Waals surface area contributed by atoms with Crippen molar-refractivity contribution in [2.75, 3.05) is 7.11 Å². The molecule has 0 saturated carbocycles. The van der Waals surface area contributed by atoms with Gasteiger partial charge in [-0.05, 0) is 52.4 Å². The first kappa shape index (κ1) is 55.7. The van der Waals surface area contributed by atoms with E-state index in [1.807, 2.05) is 69.2 Å². The van der Waals surface area contributed by atoms with Crippen LogP contribution in [0.15, 0.2) is 24.3 Å². The third-order valence-corrected chi connectivity index (χ3v) is 16.0. The van der Waals surface area contributed by atoms with E-state index in [9.17, 15) is 35.1 Å². The number of methoxy groups -OCH3 is 1. The molecule has 0 aromatic heterocycles. The van der Waals surface area contributed by atoms with Crippen molar-refractivity contribution in [3.05, 3.63) is 24.3 Å². The highest BCUT2D eigenvalue weighted by Gasteiger charge is 2.50. The van der Waals surface area contributed by atoms with Crippen LogP contribution in [0.25, 0.3) is 0 Å². The zero-order chi connectivity index (χ0) is 48.2. The minimum Gasteiger partial charge on any atom is -0.393 e. The molecule has 12 heteroatoms. The van der Waals surface area contributed by atoms with Crippen LogP contribution in [-0.4, -0.2) is 129 Å². The van der Waals surface area contributed by atoms with Crippen LogP contribution >= 0.6 is 0 Å². The quantitative estimate of drug-likeness (QED) is 0.0911. The van der Waals surface area contributed by atoms with E-state index in [1.54, 1.807) is 21.0 Å². The summed E-state index contributed by atoms with van der Waals surface area (Å²) in [5.74, 6) is -0.471. The van der Waals surface area contributed by atoms with Gasteiger partial charge in [0.2, 0.25) is 0 Å². The SMILES string of the molecule is C=C1CC(C)(C(O)C(=O)CC(C)C2CC(O)C(C)(C)C(CC(CC)OC)O2)OC(C)C1C.C=C1CC(C)(C(O)C(=O)CC(C)C2CC(O)C(C)(C)C(CC(O)CC)O2)OC(C)C1C. The van der Waals surface area contributed by atoms with Crippen molar-refractivity contribution in [3.63, 3.8) is 0 Å². The molecule has 12 nitrogen and oxygen atoms in total. The van der Waals surface area contributed by atoms with Crippen LogP contribution in [0.1, 0.15) is 161 Å². The van der Waals surface area contributed by atoms with Gasteiger partial charge in [0.1, 0.15) is 23.4 Å². The lowest BCUT2D eigenvalue weighted by molar-refractivity contribution is -0.198. The summed E-state index contributed by atoms with van der Waals surface area (Å²) in [5, 5.41) is 53.6. The van der Waals surface area contributed by atoms with E-state index in [4.69, 9.17) is 23.7 Å². The summed E-state index contributed by atoms with van der Waals surface area (Å²) in [7, 11) is 1.70. The molecule has 5 N–H and O–H groups in total. The zero-order valence-corrected chi connectivity index (χ0v) is 41.8. The molecule has 4 saturated heterocycles. The predicted molar refractivity (Wildman–Crippen MR) is 246 cm³/mol. The smallest absolute Gasteiger partial charge is 0.164 e. The van der Waals surface area contributed by atoms with Crippen LogP contribution in [0.4, 0.5) is 0 Å². The van der Waals surface area contributed by atoms with Gasteiger partial charge in [0, 0.05) is 81.1 Å². The lowest BCUT2D eigenvalue weighted by atomic mass is 9.72. The first-order valence-corrected chi connectivity index (χ1v) is 24.0. The molecule has 18 atom stereocenters. The Labute approximate surface area is 380 Å². The Hall–Kier alpha value is -1.58. The van der Waals surface area contributed by atoms with Crippen LogP contribution < -0.4 is 0 Å². The van der Waals surface area contributed by atoms with Gasteiger partial charge >= 0.3 is 0 Å². The molecule has 4 rings (SSSR count). The Morgan fingerprint density at radius 2 is 1.05 bits per heavy atom. The van der Waals surface area contributed by atoms with Crippen LogP contribution in [0.2, 0.25) is 0 Å². The maximum Gasteiger partial charge on any atom is 0.164 e. The minimum atomic E-state index is -1.25. The summed E-state index contributed by atoms with van der Waals surface area (Å²) in [6.07, 6.45) is -0.552. The summed E-state index contributed by atoms with van der Waals surface area (Å²) in [5.41, 5.74) is -0.848. The van der Waals surface area contributed by atoms with E-state index in [0.717, 1.165) is 17.6 Å². The highest BCUT2D eigenvalue weighted by Crippen LogP contribution is 2.44. The molecule has 0 aromatic carbocycles. The molecule has 4 aliphatic heterocycles. The van der Waals surface area contributed by atoms with Gasteiger partial charge in [-0.25, -0.2) is 0 Å². The largest absolute Gasteiger partial charge is 0.393 e. The summed E-state index contributed by atoms with van der Waals surface area (Å²) in [6, 6.07) is 0. The van der Waals surface area contributed by atoms with Crippen molar-refractivity contribution in [1.29, 1.82) is 0 Å². The summed E-state index contributed by atoms with van der Waals surface area (Å²) in [4.78, 5) is 26.1. The molecule has 0 bridgehead atoms. The maximum absolute atomic E-state index is 13.1. The normalized spacial score (nSPS) is 38.6. The third kappa shape index (κ3) is 13.3. The van der Waals surface area contributed by atoms with Gasteiger partial charge in [0.05, 0.1) is 61.0 Å². The second-order valence-corrected chi connectivity index (χ2v) is 21.9. The molecular weight excluding hydrogens is 805 g/mol. The molecule has 18 unspecified atom stereocenters. The number of hydrogen-bond acceptors (Lipinski definition) is 12. The van der Waals surface area contributed by atoms with E-state index in [-0.39, 0.29) is 90.8 Å². The Kier molecular flexibility index (Phi) is 19.9. The number of ether oxygens (including phenoxy) is 5. The number of ketones is 2. The second-order valence-electron chi connectivity index (χ2n) is 21.9. The van der Waals surface area contributed by atoms with Crippen LogP contribution in [0, 0.1) is 34.5 Å². The van der Waals surface area contributed by atoms with Crippen molar-refractivity contribution >= 4 is 11.6 Å². The van der Waals surface area contributed by atoms with Gasteiger partial charge in [-0.1, -0.05) is 93.5 Å². The van der Waals surface area contributed by atoms with E-state index >= 15 is 0 Å². The van der Waals surface area contributed by atoms with Gasteiger partial charge in [-0.15, -0.1) is 0 Å².